The van der Waals surface area contributed by atoms with Crippen LogP contribution in [-0.2, 0) is 27.5 Å². The van der Waals surface area contributed by atoms with E-state index in [4.69, 9.17) is 22.2 Å². The molecule has 0 aliphatic carbocycles. The molecule has 1 aliphatic heterocycles. The Hall–Kier alpha value is -3.99. The van der Waals surface area contributed by atoms with Gasteiger partial charge in [0.25, 0.3) is 0 Å². The monoisotopic (exact) mass is 559 g/mol. The van der Waals surface area contributed by atoms with E-state index in [0.29, 0.717) is 28.6 Å². The molecule has 0 bridgehead atoms. The van der Waals surface area contributed by atoms with Crippen LogP contribution in [0.25, 0.3) is 10.9 Å². The van der Waals surface area contributed by atoms with Gasteiger partial charge in [-0.3, -0.25) is 14.4 Å². The van der Waals surface area contributed by atoms with Gasteiger partial charge in [0.05, 0.1) is 11.6 Å². The SMILES string of the molecule is CCO/N=C(\N)c1ccc2c(C(C)=O)cn(CC(=O)N3C[C@H](F)C[C@H]3C(=O)NCc3cccc(Cl)c3F)c2c1. The molecule has 2 heterocycles. The molecule has 3 N–H and O–H groups in total. The zero-order valence-electron chi connectivity index (χ0n) is 21.4. The van der Waals surface area contributed by atoms with Crippen LogP contribution in [0.5, 0.6) is 0 Å². The summed E-state index contributed by atoms with van der Waals surface area (Å²) in [7, 11) is 0. The van der Waals surface area contributed by atoms with Crippen molar-refractivity contribution in [1.29, 1.82) is 0 Å². The van der Waals surface area contributed by atoms with Gasteiger partial charge in [-0.1, -0.05) is 41.0 Å². The Kier molecular flexibility index (Phi) is 8.49. The van der Waals surface area contributed by atoms with Gasteiger partial charge >= 0.3 is 0 Å². The van der Waals surface area contributed by atoms with Crippen LogP contribution >= 0.6 is 11.6 Å². The van der Waals surface area contributed by atoms with Crippen LogP contribution in [0.4, 0.5) is 8.78 Å². The van der Waals surface area contributed by atoms with E-state index in [0.717, 1.165) is 0 Å². The maximum Gasteiger partial charge on any atom is 0.243 e. The molecule has 2 amide bonds. The Labute approximate surface area is 228 Å². The fourth-order valence-corrected chi connectivity index (χ4v) is 4.77. The highest BCUT2D eigenvalue weighted by molar-refractivity contribution is 6.30. The summed E-state index contributed by atoms with van der Waals surface area (Å²) < 4.78 is 30.2. The predicted octanol–water partition coefficient (Wildman–Crippen LogP) is 3.55. The highest BCUT2D eigenvalue weighted by Crippen LogP contribution is 2.26. The summed E-state index contributed by atoms with van der Waals surface area (Å²) in [5.74, 6) is -1.86. The van der Waals surface area contributed by atoms with E-state index in [1.807, 2.05) is 0 Å². The number of carbonyl (C=O) groups is 3. The molecule has 9 nitrogen and oxygen atoms in total. The van der Waals surface area contributed by atoms with Gasteiger partial charge in [0.2, 0.25) is 11.8 Å². The Balaban J connectivity index is 1.56. The number of carbonyl (C=O) groups excluding carboxylic acids is 3. The van der Waals surface area contributed by atoms with Crippen LogP contribution in [0.15, 0.2) is 47.8 Å². The van der Waals surface area contributed by atoms with Crippen molar-refractivity contribution in [2.75, 3.05) is 13.2 Å². The lowest BCUT2D eigenvalue weighted by Gasteiger charge is -2.24. The second-order valence-corrected chi connectivity index (χ2v) is 9.59. The van der Waals surface area contributed by atoms with Gasteiger partial charge in [-0.15, -0.1) is 0 Å². The van der Waals surface area contributed by atoms with Crippen LogP contribution in [0.1, 0.15) is 41.8 Å². The first kappa shape index (κ1) is 28.0. The second kappa shape index (κ2) is 11.8. The highest BCUT2D eigenvalue weighted by atomic mass is 35.5. The minimum Gasteiger partial charge on any atom is -0.394 e. The molecule has 1 aromatic heterocycles. The number of nitrogens with one attached hydrogen (secondary N) is 1. The summed E-state index contributed by atoms with van der Waals surface area (Å²) in [6.07, 6.45) is -0.0391. The van der Waals surface area contributed by atoms with Gasteiger partial charge < -0.3 is 25.4 Å². The van der Waals surface area contributed by atoms with Crippen molar-refractivity contribution in [3.63, 3.8) is 0 Å². The van der Waals surface area contributed by atoms with E-state index in [1.54, 1.807) is 42.0 Å². The van der Waals surface area contributed by atoms with E-state index in [9.17, 15) is 23.2 Å². The van der Waals surface area contributed by atoms with Crippen molar-refractivity contribution in [2.45, 2.75) is 45.6 Å². The first-order chi connectivity index (χ1) is 18.6. The number of hydrogen-bond acceptors (Lipinski definition) is 5. The van der Waals surface area contributed by atoms with Crippen LogP contribution < -0.4 is 11.1 Å². The van der Waals surface area contributed by atoms with Gasteiger partial charge in [-0.25, -0.2) is 8.78 Å². The van der Waals surface area contributed by atoms with Gasteiger partial charge in [0, 0.05) is 46.8 Å². The molecule has 0 radical (unpaired) electrons. The molecule has 2 atom stereocenters. The average molecular weight is 560 g/mol. The van der Waals surface area contributed by atoms with Crippen molar-refractivity contribution >= 4 is 45.9 Å². The van der Waals surface area contributed by atoms with Crippen molar-refractivity contribution in [2.24, 2.45) is 10.9 Å². The highest BCUT2D eigenvalue weighted by Gasteiger charge is 2.39. The number of nitrogens with two attached hydrogens (primary N) is 1. The standard InChI is InChI=1S/C27H28ClF2N5O4/c1-3-39-33-26(31)16-7-8-19-20(15(2)36)13-34(22(19)9-16)14-24(37)35-12-18(29)10-23(35)27(38)32-11-17-5-4-6-21(28)25(17)30/h4-9,13,18,23H,3,10-12,14H2,1-2H3,(H2,31,33)(H,32,38)/t18-,23+/m1/s1. The number of ketones is 1. The smallest absolute Gasteiger partial charge is 0.243 e. The first-order valence-electron chi connectivity index (χ1n) is 12.3. The Morgan fingerprint density at radius 1 is 1.26 bits per heavy atom. The lowest BCUT2D eigenvalue weighted by Crippen LogP contribution is -2.46. The molecule has 1 fully saturated rings. The number of fused-ring (bicyclic) bond motifs is 1. The average Bonchev–Trinajstić information content (AvgIpc) is 3.48. The summed E-state index contributed by atoms with van der Waals surface area (Å²) in [5.41, 5.74) is 7.62. The maximum atomic E-state index is 14.4. The van der Waals surface area contributed by atoms with Gasteiger partial charge in [0.15, 0.2) is 11.6 Å². The van der Waals surface area contributed by atoms with Crippen molar-refractivity contribution in [3.05, 3.63) is 70.1 Å². The molecule has 1 saturated heterocycles. The molecule has 0 saturated carbocycles. The van der Waals surface area contributed by atoms with Crippen molar-refractivity contribution in [1.82, 2.24) is 14.8 Å². The van der Waals surface area contributed by atoms with E-state index < -0.39 is 29.8 Å². The van der Waals surface area contributed by atoms with Crippen LogP contribution in [0.2, 0.25) is 5.02 Å². The normalized spacial score (nSPS) is 17.5. The van der Waals surface area contributed by atoms with Crippen molar-refractivity contribution in [3.8, 4) is 0 Å². The number of Topliss-reactive ketones (excluding diaryl/α,β-unsaturated/α-hetero) is 1. The van der Waals surface area contributed by atoms with E-state index in [2.05, 4.69) is 10.5 Å². The second-order valence-electron chi connectivity index (χ2n) is 9.18. The summed E-state index contributed by atoms with van der Waals surface area (Å²) in [5, 5.41) is 6.92. The number of likely N-dealkylation sites (tertiary alicyclic amines) is 1. The molecule has 2 aromatic carbocycles. The Bertz CT molecular complexity index is 1460. The molecule has 12 heteroatoms. The Morgan fingerprint density at radius 2 is 2.03 bits per heavy atom. The van der Waals surface area contributed by atoms with Gasteiger partial charge in [-0.05, 0) is 26.0 Å². The third-order valence-corrected chi connectivity index (χ3v) is 6.80. The molecule has 206 valence electrons. The van der Waals surface area contributed by atoms with Crippen LogP contribution in [-0.4, -0.2) is 58.3 Å². The number of amides is 2. The van der Waals surface area contributed by atoms with Crippen molar-refractivity contribution < 1.29 is 28.0 Å². The molecule has 1 aliphatic rings. The third-order valence-electron chi connectivity index (χ3n) is 6.51. The molecule has 0 spiro atoms. The fraction of sp³-hybridized carbons (Fsp3) is 0.333. The molecule has 39 heavy (non-hydrogen) atoms. The van der Waals surface area contributed by atoms with Crippen LogP contribution in [0, 0.1) is 5.82 Å². The van der Waals surface area contributed by atoms with Gasteiger partial charge in [0.1, 0.15) is 31.2 Å². The number of benzene rings is 2. The molecular formula is C27H28ClF2N5O4. The number of hydrogen-bond donors (Lipinski definition) is 2. The number of aromatic nitrogens is 1. The Morgan fingerprint density at radius 3 is 2.74 bits per heavy atom. The minimum atomic E-state index is -1.40. The summed E-state index contributed by atoms with van der Waals surface area (Å²) in [6, 6.07) is 8.41. The van der Waals surface area contributed by atoms with Crippen LogP contribution in [0.3, 0.4) is 0 Å². The maximum absolute atomic E-state index is 14.4. The van der Waals surface area contributed by atoms with Gasteiger partial charge in [-0.2, -0.15) is 0 Å². The number of rotatable bonds is 9. The lowest BCUT2D eigenvalue weighted by atomic mass is 10.1. The fourth-order valence-electron chi connectivity index (χ4n) is 4.58. The lowest BCUT2D eigenvalue weighted by molar-refractivity contribution is -0.139. The molecular weight excluding hydrogens is 532 g/mol. The molecule has 3 aromatic rings. The number of alkyl halides is 1. The third kappa shape index (κ3) is 6.03. The zero-order valence-corrected chi connectivity index (χ0v) is 22.2. The number of amidine groups is 1. The zero-order chi connectivity index (χ0) is 28.3. The molecule has 0 unspecified atom stereocenters. The summed E-state index contributed by atoms with van der Waals surface area (Å²) in [4.78, 5) is 44.7. The van der Waals surface area contributed by atoms with E-state index in [1.165, 1.54) is 24.0 Å². The first-order valence-corrected chi connectivity index (χ1v) is 12.7. The van der Waals surface area contributed by atoms with E-state index in [-0.39, 0.29) is 48.3 Å². The van der Waals surface area contributed by atoms with E-state index >= 15 is 0 Å². The topological polar surface area (TPSA) is 119 Å². The predicted molar refractivity (Wildman–Crippen MR) is 143 cm³/mol. The molecule has 4 rings (SSSR count). The number of oxime groups is 1. The summed E-state index contributed by atoms with van der Waals surface area (Å²) >= 11 is 5.80. The minimum absolute atomic E-state index is 0.0822. The largest absolute Gasteiger partial charge is 0.394 e. The summed E-state index contributed by atoms with van der Waals surface area (Å²) in [6.45, 7) is 2.82. The number of halogens is 3. The quantitative estimate of drug-likeness (QED) is 0.180. The number of nitrogens with zero attached hydrogens (tertiary/aromatic N) is 3.